The smallest absolute Gasteiger partial charge is 0.341 e. The summed E-state index contributed by atoms with van der Waals surface area (Å²) in [5.74, 6) is 21.9. The van der Waals surface area contributed by atoms with E-state index >= 15 is 0 Å². The van der Waals surface area contributed by atoms with Gasteiger partial charge in [0.25, 0.3) is 5.91 Å². The molecule has 13 N–H and O–H groups in total. The maximum absolute atomic E-state index is 12.4. The van der Waals surface area contributed by atoms with Gasteiger partial charge in [-0.15, -0.1) is 6.42 Å². The van der Waals surface area contributed by atoms with Gasteiger partial charge in [-0.25, -0.2) is 28.4 Å². The number of phenols is 5. The summed E-state index contributed by atoms with van der Waals surface area (Å²) in [5, 5.41) is 86.8. The highest BCUT2D eigenvalue weighted by molar-refractivity contribution is 14.1. The third-order valence-electron chi connectivity index (χ3n) is 17.5. The lowest BCUT2D eigenvalue weighted by atomic mass is 10.1. The number of phenolic OH excluding ortho intramolecular Hbond substituents is 4. The molecule has 1 aliphatic heterocycles. The van der Waals surface area contributed by atoms with Crippen LogP contribution in [0.3, 0.4) is 0 Å². The van der Waals surface area contributed by atoms with Crippen LogP contribution < -0.4 is 26.1 Å². The fraction of sp³-hybridized carbons (Fsp3) is 0.228. The number of aromatic hydroxyl groups is 5. The number of esters is 2. The first-order chi connectivity index (χ1) is 63.2. The van der Waals surface area contributed by atoms with Gasteiger partial charge in [-0.1, -0.05) is 165 Å². The highest BCUT2D eigenvalue weighted by Crippen LogP contribution is 2.27. The van der Waals surface area contributed by atoms with E-state index in [4.69, 9.17) is 37.4 Å². The van der Waals surface area contributed by atoms with Gasteiger partial charge in [0.15, 0.2) is 6.04 Å². The van der Waals surface area contributed by atoms with E-state index in [1.165, 1.54) is 96.2 Å². The lowest BCUT2D eigenvalue weighted by molar-refractivity contribution is -0.125. The number of aliphatic hydroxyl groups excluding tert-OH is 2. The molecule has 4 amide bonds. The fourth-order valence-electron chi connectivity index (χ4n) is 10.7. The van der Waals surface area contributed by atoms with Crippen LogP contribution in [0.2, 0.25) is 0 Å². The first-order valence-corrected chi connectivity index (χ1v) is 45.0. The molecule has 10 aromatic carbocycles. The van der Waals surface area contributed by atoms with E-state index in [9.17, 15) is 64.2 Å². The SMILES string of the molecule is C#Cc1ccccc1.CCN(CC)CC.CCNC(=O)[C@@H](NC(=O)c1ccc(C#Cc2ccccc2)cc1O)[C@@H](C)O.CCNC(=O)[C@@H](NCl)[C@@H](C)O.CCNC(=O)[C@H]1N=C(c2ccc(C#Cc3ccccc3)cc2O)O[C@H]1C.COC(=O)c1ccc(C#Cc2ccccc2)cc1O.COC(=O)c1ccc(I)cc1O.O=C(O)c1ccc(C#Cc2ccccc2)cc1O.O=S(Cl)Cl. The molecule has 6 atom stereocenters. The molecule has 31 heteroatoms. The van der Waals surface area contributed by atoms with Crippen LogP contribution in [0.5, 0.6) is 28.7 Å². The van der Waals surface area contributed by atoms with Gasteiger partial charge in [-0.3, -0.25) is 19.2 Å². The molecule has 0 aromatic heterocycles. The number of carboxylic acid groups (broad SMARTS) is 1. The number of terminal acetylenes is 1. The van der Waals surface area contributed by atoms with Crippen molar-refractivity contribution >= 4 is 112 Å². The number of likely N-dealkylation sites (N-methyl/N-ethyl adjacent to an activating group) is 3. The number of halogens is 4. The summed E-state index contributed by atoms with van der Waals surface area (Å²) in [6, 6.07) is 68.2. The Balaban J connectivity index is 0.000000400. The molecule has 1 heterocycles. The number of aliphatic imine (C=N–C) groups is 1. The maximum atomic E-state index is 12.4. The largest absolute Gasteiger partial charge is 0.507 e. The molecule has 0 saturated carbocycles. The topological polar surface area (TPSA) is 402 Å². The monoisotopic (exact) mass is 1980 g/mol. The van der Waals surface area contributed by atoms with Crippen molar-refractivity contribution in [1.29, 1.82) is 0 Å². The van der Waals surface area contributed by atoms with Gasteiger partial charge in [0.2, 0.25) is 32.8 Å². The van der Waals surface area contributed by atoms with E-state index in [-0.39, 0.29) is 74.8 Å². The number of carbonyl (C=O) groups is 7. The van der Waals surface area contributed by atoms with E-state index in [1.807, 2.05) is 181 Å². The molecule has 0 radical (unpaired) electrons. The van der Waals surface area contributed by atoms with Crippen LogP contribution >= 0.6 is 55.7 Å². The van der Waals surface area contributed by atoms with Crippen molar-refractivity contribution in [2.75, 3.05) is 53.5 Å². The normalized spacial score (nSPS) is 12.2. The summed E-state index contributed by atoms with van der Waals surface area (Å²) in [4.78, 5) is 89.2. The molecule has 1 aliphatic rings. The van der Waals surface area contributed by atoms with Gasteiger partial charge in [-0.05, 0) is 247 Å². The van der Waals surface area contributed by atoms with Crippen LogP contribution in [0.25, 0.3) is 0 Å². The zero-order chi connectivity index (χ0) is 98.0. The minimum absolute atomic E-state index is 0.00444. The average molecular weight is 1990 g/mol. The van der Waals surface area contributed by atoms with Crippen molar-refractivity contribution in [3.63, 3.8) is 0 Å². The second kappa shape index (κ2) is 63.4. The summed E-state index contributed by atoms with van der Waals surface area (Å²) >= 11 is 7.27. The molecule has 132 heavy (non-hydrogen) atoms. The van der Waals surface area contributed by atoms with Crippen LogP contribution in [-0.4, -0.2) is 187 Å². The van der Waals surface area contributed by atoms with Gasteiger partial charge in [0, 0.05) is 94.6 Å². The number of amides is 4. The Hall–Kier alpha value is -13.7. The Labute approximate surface area is 800 Å². The number of ether oxygens (including phenoxy) is 3. The van der Waals surface area contributed by atoms with Crippen molar-refractivity contribution in [2.45, 2.75) is 98.8 Å². The standard InChI is InChI=1S/C21H22N2O4.C21H20N2O3.C16H12O3.C15H10O3.C8H7IO3.C8H6.C6H13ClN2O2.C6H15N.Cl2OS/c1-3-22-21(27)19(14(2)24)23-20(26)17-12-11-16(13-18(17)25)10-9-15-7-5-4-6-8-15;1-3-22-20(25)19-14(2)26-21(23-19)17-12-11-16(13-18(17)24)10-9-15-7-5-4-6-8-15;1-19-16(18)14-10-9-13(11-15(14)17)8-7-12-5-3-2-4-6-12;16-14-10-12(8-9-13(14)15(17)18)7-6-11-4-2-1-3-5-11;1-12-8(11)6-3-2-5(9)4-7(6)10;1-2-8-6-4-3-5-7-8;1-3-8-6(11)5(9-7)4(2)10;1-4-7(5-2)6-3;1-4(2)3/h4-8,11-14,19,24-25H,3H2,1-2H3,(H,22,27)(H,23,26);4-8,11-14,19,24H,3H2,1-2H3,(H,22,25);2-6,9-11,17H,1H3;1-5,8-10,16H,(H,17,18);2-4,10H,1H3;1,3-7H;4-5,9-10H,3H2,1-2H3,(H,8,11);4-6H2,1-3H3;/t14-,19+;14-,19-;;;;;4-,5+;;/m10....1../s1. The van der Waals surface area contributed by atoms with E-state index in [2.05, 4.69) is 141 Å². The minimum Gasteiger partial charge on any atom is -0.507 e. The van der Waals surface area contributed by atoms with Crippen molar-refractivity contribution in [1.82, 2.24) is 31.0 Å². The number of aliphatic hydroxyl groups is 2. The molecule has 10 aromatic rings. The molecule has 0 spiro atoms. The molecule has 11 rings (SSSR count). The molecular weight excluding hydrogens is 1880 g/mol. The number of hydrogen-bond donors (Lipinski definition) is 13. The predicted molar refractivity (Wildman–Crippen MR) is 525 cm³/mol. The number of hydrogen-bond acceptors (Lipinski definition) is 21. The second-order valence-electron chi connectivity index (χ2n) is 27.1. The third-order valence-corrected chi connectivity index (χ3v) is 18.4. The summed E-state index contributed by atoms with van der Waals surface area (Å²) in [5.41, 5.74) is 7.50. The van der Waals surface area contributed by atoms with Gasteiger partial charge in [-0.2, -0.15) is 0 Å². The number of nitrogens with zero attached hydrogens (tertiary/aromatic N) is 2. The molecule has 0 bridgehead atoms. The molecule has 692 valence electrons. The maximum Gasteiger partial charge on any atom is 0.341 e. The Bertz CT molecular complexity index is 5720. The van der Waals surface area contributed by atoms with Crippen molar-refractivity contribution in [3.8, 4) is 88.5 Å². The Morgan fingerprint density at radius 2 is 0.788 bits per heavy atom. The molecule has 0 fully saturated rings. The van der Waals surface area contributed by atoms with E-state index in [1.54, 1.807) is 63.2 Å². The molecule has 0 saturated heterocycles. The highest BCUT2D eigenvalue weighted by atomic mass is 127. The summed E-state index contributed by atoms with van der Waals surface area (Å²) in [7, 11) is 9.90. The van der Waals surface area contributed by atoms with Gasteiger partial charge < -0.3 is 81.2 Å². The second-order valence-corrected chi connectivity index (χ2v) is 31.0. The lowest BCUT2D eigenvalue weighted by Gasteiger charge is -2.20. The van der Waals surface area contributed by atoms with E-state index in [0.717, 1.165) is 31.4 Å². The van der Waals surface area contributed by atoms with Crippen LogP contribution in [0.1, 0.15) is 159 Å². The minimum atomic E-state index is -1.67. The molecule has 0 unspecified atom stereocenters. The molecular formula is C101H105Cl3IN7O19S. The van der Waals surface area contributed by atoms with E-state index in [0.29, 0.717) is 47.5 Å². The third kappa shape index (κ3) is 42.7. The number of rotatable bonds is 18. The molecule has 26 nitrogen and oxygen atoms in total. The van der Waals surface area contributed by atoms with Crippen LogP contribution in [0.4, 0.5) is 0 Å². The van der Waals surface area contributed by atoms with Crippen molar-refractivity contribution < 1.29 is 92.8 Å². The van der Waals surface area contributed by atoms with Crippen molar-refractivity contribution in [3.05, 3.63) is 324 Å². The van der Waals surface area contributed by atoms with Crippen molar-refractivity contribution in [2.24, 2.45) is 4.99 Å². The zero-order valence-corrected chi connectivity index (χ0v) is 79.5. The highest BCUT2D eigenvalue weighted by Gasteiger charge is 2.34. The first kappa shape index (κ1) is 113. The predicted octanol–water partition coefficient (Wildman–Crippen LogP) is 14.4. The van der Waals surface area contributed by atoms with Gasteiger partial charge >= 0.3 is 17.9 Å². The molecule has 0 aliphatic carbocycles. The van der Waals surface area contributed by atoms with E-state index < -0.39 is 69.3 Å². The Kier molecular flexibility index (Phi) is 54.0. The number of carboxylic acids is 1. The lowest BCUT2D eigenvalue weighted by Crippen LogP contribution is -2.52. The quantitative estimate of drug-likeness (QED) is 0.0125. The number of methoxy groups -OCH3 is 2. The number of nitrogens with one attached hydrogen (secondary N) is 5. The number of benzene rings is 10. The van der Waals surface area contributed by atoms with Gasteiger partial charge in [0.05, 0.1) is 37.6 Å². The van der Waals surface area contributed by atoms with Gasteiger partial charge in [0.1, 0.15) is 63.6 Å². The number of carbonyl (C=O) groups excluding carboxylic acids is 6. The summed E-state index contributed by atoms with van der Waals surface area (Å²) in [6.07, 6.45) is 2.84. The summed E-state index contributed by atoms with van der Waals surface area (Å²) < 4.78 is 24.6. The average Bonchev–Trinajstić information content (AvgIpc) is 1.62. The zero-order valence-electron chi connectivity index (χ0n) is 74.3. The van der Waals surface area contributed by atoms with Crippen LogP contribution in [-0.2, 0) is 37.8 Å². The first-order valence-electron chi connectivity index (χ1n) is 40.7. The van der Waals surface area contributed by atoms with Crippen LogP contribution in [0.15, 0.2) is 248 Å². The van der Waals surface area contributed by atoms with Crippen LogP contribution in [0, 0.1) is 63.3 Å². The number of aromatic carboxylic acids is 1. The fourth-order valence-corrected chi connectivity index (χ4v) is 11.4. The Morgan fingerprint density at radius 1 is 0.470 bits per heavy atom. The Morgan fingerprint density at radius 3 is 1.08 bits per heavy atom. The summed E-state index contributed by atoms with van der Waals surface area (Å²) in [6.45, 7) is 21.6.